The molecule has 1 amide bonds. The standard InChI is InChI=1S/C13H12N2O2/c16-13(17)14-8-3-4-9-15-10-7-11-5-1-2-6-12(11)15/h1-2,5-7,10,14H,4,9H2,(H,16,17). The minimum atomic E-state index is -1.12. The second-order valence-electron chi connectivity index (χ2n) is 3.55. The van der Waals surface area contributed by atoms with E-state index in [0.717, 1.165) is 6.54 Å². The van der Waals surface area contributed by atoms with Crippen LogP contribution in [0.1, 0.15) is 6.42 Å². The fourth-order valence-corrected chi connectivity index (χ4v) is 1.67. The van der Waals surface area contributed by atoms with Crippen LogP contribution < -0.4 is 5.32 Å². The zero-order valence-corrected chi connectivity index (χ0v) is 9.18. The van der Waals surface area contributed by atoms with Crippen LogP contribution in [0.4, 0.5) is 4.79 Å². The minimum Gasteiger partial charge on any atom is -0.464 e. The summed E-state index contributed by atoms with van der Waals surface area (Å²) >= 11 is 0. The quantitative estimate of drug-likeness (QED) is 0.612. The molecule has 0 aliphatic carbocycles. The molecule has 1 aromatic carbocycles. The molecule has 0 radical (unpaired) electrons. The predicted octanol–water partition coefficient (Wildman–Crippen LogP) is 2.26. The second-order valence-corrected chi connectivity index (χ2v) is 3.55. The van der Waals surface area contributed by atoms with Crippen LogP contribution in [0.5, 0.6) is 0 Å². The van der Waals surface area contributed by atoms with E-state index in [1.54, 1.807) is 0 Å². The molecular formula is C13H12N2O2. The fourth-order valence-electron chi connectivity index (χ4n) is 1.67. The second kappa shape index (κ2) is 5.08. The van der Waals surface area contributed by atoms with Gasteiger partial charge in [-0.3, -0.25) is 0 Å². The molecule has 2 aromatic rings. The maximum Gasteiger partial charge on any atom is 0.416 e. The van der Waals surface area contributed by atoms with Gasteiger partial charge in [0, 0.05) is 30.7 Å². The number of nitrogens with zero attached hydrogens (tertiary/aromatic N) is 1. The maximum absolute atomic E-state index is 10.1. The summed E-state index contributed by atoms with van der Waals surface area (Å²) in [6.07, 6.45) is 1.50. The Morgan fingerprint density at radius 2 is 2.18 bits per heavy atom. The van der Waals surface area contributed by atoms with Crippen molar-refractivity contribution in [2.45, 2.75) is 13.0 Å². The van der Waals surface area contributed by atoms with Crippen molar-refractivity contribution in [3.05, 3.63) is 36.5 Å². The first-order valence-electron chi connectivity index (χ1n) is 5.28. The van der Waals surface area contributed by atoms with Crippen LogP contribution in [-0.2, 0) is 6.54 Å². The van der Waals surface area contributed by atoms with Gasteiger partial charge in [-0.25, -0.2) is 10.1 Å². The number of para-hydroxylation sites is 1. The van der Waals surface area contributed by atoms with Crippen molar-refractivity contribution in [3.63, 3.8) is 0 Å². The molecule has 86 valence electrons. The van der Waals surface area contributed by atoms with Gasteiger partial charge in [0.05, 0.1) is 0 Å². The predicted molar refractivity (Wildman–Crippen MR) is 65.5 cm³/mol. The summed E-state index contributed by atoms with van der Waals surface area (Å²) in [5.41, 5.74) is 1.17. The molecule has 1 aromatic heterocycles. The van der Waals surface area contributed by atoms with Gasteiger partial charge in [0.2, 0.25) is 0 Å². The highest BCUT2D eigenvalue weighted by atomic mass is 16.4. The largest absolute Gasteiger partial charge is 0.464 e. The third-order valence-corrected chi connectivity index (χ3v) is 2.42. The number of hydrogen-bond acceptors (Lipinski definition) is 1. The molecule has 17 heavy (non-hydrogen) atoms. The van der Waals surface area contributed by atoms with E-state index >= 15 is 0 Å². The Kier molecular flexibility index (Phi) is 3.31. The zero-order chi connectivity index (χ0) is 12.1. The molecule has 0 saturated carbocycles. The lowest BCUT2D eigenvalue weighted by atomic mass is 10.2. The molecule has 0 unspecified atom stereocenters. The Balaban J connectivity index is 1.99. The summed E-state index contributed by atoms with van der Waals surface area (Å²) in [6.45, 7) is 0.752. The summed E-state index contributed by atoms with van der Waals surface area (Å²) in [7, 11) is 0. The van der Waals surface area contributed by atoms with Gasteiger partial charge in [0.1, 0.15) is 0 Å². The van der Waals surface area contributed by atoms with E-state index in [4.69, 9.17) is 5.11 Å². The van der Waals surface area contributed by atoms with Crippen molar-refractivity contribution in [2.24, 2.45) is 0 Å². The van der Waals surface area contributed by atoms with Gasteiger partial charge in [-0.05, 0) is 17.5 Å². The van der Waals surface area contributed by atoms with Crippen LogP contribution in [-0.4, -0.2) is 15.8 Å². The highest BCUT2D eigenvalue weighted by Crippen LogP contribution is 2.14. The van der Waals surface area contributed by atoms with E-state index in [1.165, 1.54) is 10.9 Å². The molecule has 0 fully saturated rings. The lowest BCUT2D eigenvalue weighted by molar-refractivity contribution is 0.199. The van der Waals surface area contributed by atoms with Crippen molar-refractivity contribution >= 4 is 17.0 Å². The Hall–Kier alpha value is -2.41. The van der Waals surface area contributed by atoms with Crippen LogP contribution in [0.25, 0.3) is 10.9 Å². The highest BCUT2D eigenvalue weighted by molar-refractivity contribution is 5.79. The molecule has 0 bridgehead atoms. The van der Waals surface area contributed by atoms with Crippen LogP contribution in [0.2, 0.25) is 0 Å². The molecule has 0 saturated heterocycles. The maximum atomic E-state index is 10.1. The first-order chi connectivity index (χ1) is 8.27. The lowest BCUT2D eigenvalue weighted by Crippen LogP contribution is -2.13. The summed E-state index contributed by atoms with van der Waals surface area (Å²) in [6, 6.07) is 12.5. The number of benzene rings is 1. The summed E-state index contributed by atoms with van der Waals surface area (Å²) in [5, 5.41) is 11.5. The first kappa shape index (κ1) is 11.1. The number of carboxylic acid groups (broad SMARTS) is 1. The molecule has 2 rings (SSSR count). The van der Waals surface area contributed by atoms with E-state index in [9.17, 15) is 4.79 Å². The number of hydrogen-bond donors (Lipinski definition) is 2. The molecule has 0 atom stereocenters. The Morgan fingerprint density at radius 1 is 1.35 bits per heavy atom. The molecule has 0 spiro atoms. The average molecular weight is 228 g/mol. The SMILES string of the molecule is O=C(O)NC#CCCn1ccc2ccccc21. The van der Waals surface area contributed by atoms with Crippen LogP contribution in [0, 0.1) is 12.0 Å². The monoisotopic (exact) mass is 228 g/mol. The van der Waals surface area contributed by atoms with Gasteiger partial charge >= 0.3 is 6.09 Å². The smallest absolute Gasteiger partial charge is 0.416 e. The topological polar surface area (TPSA) is 54.3 Å². The van der Waals surface area contributed by atoms with Gasteiger partial charge < -0.3 is 9.67 Å². The third-order valence-electron chi connectivity index (χ3n) is 2.42. The molecule has 2 N–H and O–H groups in total. The van der Waals surface area contributed by atoms with Gasteiger partial charge in [0.25, 0.3) is 0 Å². The van der Waals surface area contributed by atoms with Gasteiger partial charge in [0.15, 0.2) is 0 Å². The molecular weight excluding hydrogens is 216 g/mol. The molecule has 4 nitrogen and oxygen atoms in total. The highest BCUT2D eigenvalue weighted by Gasteiger charge is 1.97. The summed E-state index contributed by atoms with van der Waals surface area (Å²) < 4.78 is 2.10. The van der Waals surface area contributed by atoms with Crippen molar-refractivity contribution in [2.75, 3.05) is 0 Å². The Bertz CT molecular complexity index is 590. The number of fused-ring (bicyclic) bond motifs is 1. The number of carbonyl (C=O) groups is 1. The van der Waals surface area contributed by atoms with E-state index in [2.05, 4.69) is 34.7 Å². The summed E-state index contributed by atoms with van der Waals surface area (Å²) in [4.78, 5) is 10.1. The minimum absolute atomic E-state index is 0.610. The zero-order valence-electron chi connectivity index (χ0n) is 9.18. The average Bonchev–Trinajstić information content (AvgIpc) is 2.72. The van der Waals surface area contributed by atoms with Crippen LogP contribution in [0.3, 0.4) is 0 Å². The van der Waals surface area contributed by atoms with Crippen molar-refractivity contribution in [3.8, 4) is 12.0 Å². The van der Waals surface area contributed by atoms with Crippen LogP contribution >= 0.6 is 0 Å². The number of amides is 1. The van der Waals surface area contributed by atoms with E-state index in [-0.39, 0.29) is 0 Å². The molecule has 4 heteroatoms. The van der Waals surface area contributed by atoms with Crippen LogP contribution in [0.15, 0.2) is 36.5 Å². The van der Waals surface area contributed by atoms with Crippen molar-refractivity contribution in [1.82, 2.24) is 9.88 Å². The number of nitrogens with one attached hydrogen (secondary N) is 1. The van der Waals surface area contributed by atoms with Crippen molar-refractivity contribution in [1.29, 1.82) is 0 Å². The van der Waals surface area contributed by atoms with E-state index in [1.807, 2.05) is 23.6 Å². The molecule has 0 aliphatic rings. The van der Waals surface area contributed by atoms with Gasteiger partial charge in [-0.15, -0.1) is 0 Å². The lowest BCUT2D eigenvalue weighted by Gasteiger charge is -2.01. The summed E-state index contributed by atoms with van der Waals surface area (Å²) in [5.74, 6) is 2.76. The normalized spacial score (nSPS) is 9.65. The Labute approximate surface area is 98.9 Å². The third kappa shape index (κ3) is 2.79. The van der Waals surface area contributed by atoms with Gasteiger partial charge in [-0.2, -0.15) is 0 Å². The number of aromatic nitrogens is 1. The first-order valence-corrected chi connectivity index (χ1v) is 5.28. The van der Waals surface area contributed by atoms with E-state index in [0.29, 0.717) is 6.42 Å². The fraction of sp³-hybridized carbons (Fsp3) is 0.154. The Morgan fingerprint density at radius 3 is 3.00 bits per heavy atom. The van der Waals surface area contributed by atoms with E-state index < -0.39 is 6.09 Å². The molecule has 1 heterocycles. The molecule has 0 aliphatic heterocycles. The number of aryl methyl sites for hydroxylation is 1. The van der Waals surface area contributed by atoms with Gasteiger partial charge in [-0.1, -0.05) is 24.1 Å². The van der Waals surface area contributed by atoms with Crippen molar-refractivity contribution < 1.29 is 9.90 Å². The number of rotatable bonds is 2.